The average molecular weight is 374 g/mol. The summed E-state index contributed by atoms with van der Waals surface area (Å²) in [6.07, 6.45) is 5.02. The molecule has 1 saturated carbocycles. The summed E-state index contributed by atoms with van der Waals surface area (Å²) in [6.45, 7) is 6.54. The maximum Gasteiger partial charge on any atom is 0.275 e. The number of aromatic nitrogens is 6. The van der Waals surface area contributed by atoms with Crippen LogP contribution in [0.5, 0.6) is 0 Å². The summed E-state index contributed by atoms with van der Waals surface area (Å²) in [4.78, 5) is 17.4. The van der Waals surface area contributed by atoms with Crippen molar-refractivity contribution >= 4 is 28.1 Å². The van der Waals surface area contributed by atoms with Crippen molar-refractivity contribution in [2.45, 2.75) is 49.6 Å². The number of rotatable bonds is 7. The standard InChI is InChI=1S/C16H18N6OS2/c1-3-7-21-14(10-5-6-10)18-19-16(21)24-9-11-8-13(23)22-15(17-11)25-12(4-2)20-22/h3,8,10H,1,4-7,9H2,2H3. The highest BCUT2D eigenvalue weighted by atomic mass is 32.2. The number of fused-ring (bicyclic) bond motifs is 1. The second kappa shape index (κ2) is 6.72. The van der Waals surface area contributed by atoms with Gasteiger partial charge in [-0.1, -0.05) is 36.1 Å². The maximum atomic E-state index is 12.2. The Labute approximate surface area is 152 Å². The molecule has 9 heteroatoms. The SMILES string of the molecule is C=CCn1c(SCc2cc(=O)n3nc(CC)sc3n2)nnc1C1CC1. The minimum atomic E-state index is -0.136. The minimum Gasteiger partial charge on any atom is -0.302 e. The second-order valence-electron chi connectivity index (χ2n) is 5.93. The molecule has 0 amide bonds. The van der Waals surface area contributed by atoms with E-state index in [4.69, 9.17) is 0 Å². The molecule has 0 bridgehead atoms. The molecule has 1 aliphatic rings. The molecule has 0 radical (unpaired) electrons. The van der Waals surface area contributed by atoms with Gasteiger partial charge in [-0.15, -0.1) is 16.8 Å². The van der Waals surface area contributed by atoms with E-state index in [0.29, 0.717) is 23.2 Å². The molecule has 130 valence electrons. The van der Waals surface area contributed by atoms with Crippen LogP contribution in [0, 0.1) is 0 Å². The third-order valence-electron chi connectivity index (χ3n) is 3.99. The van der Waals surface area contributed by atoms with Crippen molar-refractivity contribution < 1.29 is 0 Å². The predicted octanol–water partition coefficient (Wildman–Crippen LogP) is 2.66. The monoisotopic (exact) mass is 374 g/mol. The molecule has 3 heterocycles. The van der Waals surface area contributed by atoms with Gasteiger partial charge in [0.1, 0.15) is 10.8 Å². The third-order valence-corrected chi connectivity index (χ3v) is 6.04. The molecule has 0 N–H and O–H groups in total. The van der Waals surface area contributed by atoms with Gasteiger partial charge in [0.05, 0.1) is 5.69 Å². The first kappa shape index (κ1) is 16.5. The predicted molar refractivity (Wildman–Crippen MR) is 98.3 cm³/mol. The van der Waals surface area contributed by atoms with Crippen LogP contribution in [-0.2, 0) is 18.7 Å². The lowest BCUT2D eigenvalue weighted by molar-refractivity contribution is 0.681. The van der Waals surface area contributed by atoms with E-state index in [-0.39, 0.29) is 5.56 Å². The van der Waals surface area contributed by atoms with Crippen LogP contribution in [-0.4, -0.2) is 29.4 Å². The Kier molecular flexibility index (Phi) is 4.43. The number of thioether (sulfide) groups is 1. The van der Waals surface area contributed by atoms with Crippen molar-refractivity contribution in [2.24, 2.45) is 0 Å². The molecule has 0 unspecified atom stereocenters. The summed E-state index contributed by atoms with van der Waals surface area (Å²) in [7, 11) is 0. The van der Waals surface area contributed by atoms with Crippen molar-refractivity contribution in [2.75, 3.05) is 0 Å². The summed E-state index contributed by atoms with van der Waals surface area (Å²) in [6, 6.07) is 1.55. The Hall–Kier alpha value is -2.00. The number of nitrogens with zero attached hydrogens (tertiary/aromatic N) is 6. The van der Waals surface area contributed by atoms with Crippen molar-refractivity contribution in [3.63, 3.8) is 0 Å². The van der Waals surface area contributed by atoms with Gasteiger partial charge in [-0.05, 0) is 19.3 Å². The Morgan fingerprint density at radius 1 is 1.44 bits per heavy atom. The molecule has 0 saturated heterocycles. The number of hydrogen-bond donors (Lipinski definition) is 0. The van der Waals surface area contributed by atoms with Gasteiger partial charge in [-0.3, -0.25) is 4.79 Å². The van der Waals surface area contributed by atoms with Crippen LogP contribution in [0.15, 0.2) is 28.7 Å². The van der Waals surface area contributed by atoms with E-state index in [1.807, 2.05) is 13.0 Å². The van der Waals surface area contributed by atoms with Crippen molar-refractivity contribution in [1.82, 2.24) is 29.4 Å². The fourth-order valence-electron chi connectivity index (χ4n) is 2.60. The molecule has 3 aromatic heterocycles. The zero-order valence-corrected chi connectivity index (χ0v) is 15.5. The highest BCUT2D eigenvalue weighted by Crippen LogP contribution is 2.40. The Balaban J connectivity index is 1.58. The van der Waals surface area contributed by atoms with Crippen LogP contribution in [0.25, 0.3) is 4.96 Å². The molecule has 0 atom stereocenters. The van der Waals surface area contributed by atoms with E-state index in [1.54, 1.807) is 17.8 Å². The Bertz CT molecular complexity index is 984. The highest BCUT2D eigenvalue weighted by Gasteiger charge is 2.30. The van der Waals surface area contributed by atoms with Crippen LogP contribution in [0.3, 0.4) is 0 Å². The van der Waals surface area contributed by atoms with Crippen LogP contribution in [0.2, 0.25) is 0 Å². The average Bonchev–Trinajstić information content (AvgIpc) is 3.23. The van der Waals surface area contributed by atoms with Crippen LogP contribution < -0.4 is 5.56 Å². The molecule has 3 aromatic rings. The van der Waals surface area contributed by atoms with Gasteiger partial charge >= 0.3 is 0 Å². The molecule has 0 aromatic carbocycles. The van der Waals surface area contributed by atoms with E-state index in [1.165, 1.54) is 28.7 Å². The summed E-state index contributed by atoms with van der Waals surface area (Å²) in [5.41, 5.74) is 0.602. The van der Waals surface area contributed by atoms with E-state index >= 15 is 0 Å². The molecule has 7 nitrogen and oxygen atoms in total. The zero-order chi connectivity index (χ0) is 17.4. The van der Waals surface area contributed by atoms with Crippen LogP contribution in [0.4, 0.5) is 0 Å². The molecule has 0 aliphatic heterocycles. The van der Waals surface area contributed by atoms with E-state index < -0.39 is 0 Å². The molecular weight excluding hydrogens is 356 g/mol. The van der Waals surface area contributed by atoms with Crippen molar-refractivity contribution in [3.8, 4) is 0 Å². The van der Waals surface area contributed by atoms with Gasteiger partial charge in [-0.25, -0.2) is 4.98 Å². The van der Waals surface area contributed by atoms with Crippen LogP contribution >= 0.6 is 23.1 Å². The van der Waals surface area contributed by atoms with Crippen molar-refractivity contribution in [1.29, 1.82) is 0 Å². The minimum absolute atomic E-state index is 0.136. The molecule has 25 heavy (non-hydrogen) atoms. The number of allylic oxidation sites excluding steroid dienone is 1. The molecule has 0 spiro atoms. The fourth-order valence-corrected chi connectivity index (χ4v) is 4.31. The zero-order valence-electron chi connectivity index (χ0n) is 13.9. The van der Waals surface area contributed by atoms with Gasteiger partial charge in [0, 0.05) is 24.3 Å². The fraction of sp³-hybridized carbons (Fsp3) is 0.438. The lowest BCUT2D eigenvalue weighted by Crippen LogP contribution is -2.15. The first-order chi connectivity index (χ1) is 12.2. The molecule has 1 aliphatic carbocycles. The quantitative estimate of drug-likeness (QED) is 0.467. The van der Waals surface area contributed by atoms with E-state index in [9.17, 15) is 4.79 Å². The van der Waals surface area contributed by atoms with Gasteiger partial charge in [-0.2, -0.15) is 9.61 Å². The van der Waals surface area contributed by atoms with Crippen molar-refractivity contribution in [3.05, 3.63) is 45.6 Å². The first-order valence-electron chi connectivity index (χ1n) is 8.25. The van der Waals surface area contributed by atoms with Gasteiger partial charge in [0.15, 0.2) is 5.16 Å². The first-order valence-corrected chi connectivity index (χ1v) is 10.0. The van der Waals surface area contributed by atoms with Gasteiger partial charge in [0.2, 0.25) is 4.96 Å². The summed E-state index contributed by atoms with van der Waals surface area (Å²) >= 11 is 3.01. The molecular formula is C16H18N6OS2. The second-order valence-corrected chi connectivity index (χ2v) is 7.92. The Morgan fingerprint density at radius 2 is 2.28 bits per heavy atom. The summed E-state index contributed by atoms with van der Waals surface area (Å²) in [5, 5.41) is 14.7. The van der Waals surface area contributed by atoms with E-state index in [2.05, 4.69) is 31.4 Å². The van der Waals surface area contributed by atoms with Gasteiger partial charge in [0.25, 0.3) is 5.56 Å². The smallest absolute Gasteiger partial charge is 0.275 e. The largest absolute Gasteiger partial charge is 0.302 e. The number of aryl methyl sites for hydroxylation is 1. The normalized spacial score (nSPS) is 14.3. The molecule has 1 fully saturated rings. The Morgan fingerprint density at radius 3 is 3.00 bits per heavy atom. The summed E-state index contributed by atoms with van der Waals surface area (Å²) < 4.78 is 3.49. The topological polar surface area (TPSA) is 78.0 Å². The van der Waals surface area contributed by atoms with E-state index in [0.717, 1.165) is 28.1 Å². The highest BCUT2D eigenvalue weighted by molar-refractivity contribution is 7.98. The number of hydrogen-bond acceptors (Lipinski definition) is 7. The van der Waals surface area contributed by atoms with Gasteiger partial charge < -0.3 is 4.57 Å². The lowest BCUT2D eigenvalue weighted by Gasteiger charge is -2.06. The molecule has 4 rings (SSSR count). The third kappa shape index (κ3) is 3.25. The lowest BCUT2D eigenvalue weighted by atomic mass is 10.4. The van der Waals surface area contributed by atoms with Crippen LogP contribution in [0.1, 0.15) is 42.2 Å². The maximum absolute atomic E-state index is 12.2. The summed E-state index contributed by atoms with van der Waals surface area (Å²) in [5.74, 6) is 2.15.